The van der Waals surface area contributed by atoms with Crippen LogP contribution in [0.15, 0.2) is 49.1 Å². The van der Waals surface area contributed by atoms with Gasteiger partial charge in [-0.3, -0.25) is 4.90 Å². The van der Waals surface area contributed by atoms with Crippen LogP contribution in [0.25, 0.3) is 0 Å². The highest BCUT2D eigenvalue weighted by Crippen LogP contribution is 2.43. The molecule has 0 amide bonds. The van der Waals surface area contributed by atoms with Gasteiger partial charge in [0.25, 0.3) is 0 Å². The number of hydrogen-bond donors (Lipinski definition) is 0. The van der Waals surface area contributed by atoms with E-state index in [9.17, 15) is 26.3 Å². The molecule has 1 fully saturated rings. The average molecular weight is 526 g/mol. The molecular formula is C29H33F6NO. The maximum Gasteiger partial charge on any atom is 0.416 e. The minimum absolute atomic E-state index is 0.334. The third-order valence-electron chi connectivity index (χ3n) is 7.88. The fourth-order valence-corrected chi connectivity index (χ4v) is 5.60. The van der Waals surface area contributed by atoms with Crippen LogP contribution in [0.5, 0.6) is 5.75 Å². The Balaban J connectivity index is 1.54. The lowest BCUT2D eigenvalue weighted by atomic mass is 9.84. The number of aryl methyl sites for hydroxylation is 1. The van der Waals surface area contributed by atoms with Crippen molar-refractivity contribution in [2.45, 2.75) is 76.4 Å². The molecule has 2 aromatic rings. The number of halogens is 6. The number of likely N-dealkylation sites (tertiary alicyclic amines) is 1. The molecule has 0 N–H and O–H groups in total. The lowest BCUT2D eigenvalue weighted by Crippen LogP contribution is -2.41. The molecule has 1 spiro atoms. The van der Waals surface area contributed by atoms with Crippen molar-refractivity contribution in [1.82, 2.24) is 4.90 Å². The number of nitrogens with zero attached hydrogens (tertiary/aromatic N) is 1. The van der Waals surface area contributed by atoms with E-state index in [1.165, 1.54) is 0 Å². The summed E-state index contributed by atoms with van der Waals surface area (Å²) in [5, 5.41) is 0. The van der Waals surface area contributed by atoms with E-state index in [4.69, 9.17) is 4.74 Å². The number of hydrogen-bond acceptors (Lipinski definition) is 2. The van der Waals surface area contributed by atoms with Gasteiger partial charge < -0.3 is 4.74 Å². The maximum absolute atomic E-state index is 13.7. The Hall–Kier alpha value is -2.48. The van der Waals surface area contributed by atoms with Crippen LogP contribution in [0.3, 0.4) is 0 Å². The first-order valence-electron chi connectivity index (χ1n) is 12.8. The SMILES string of the molecule is C=CC(C)Cc1ccc2c(c1)OC1(CCCN(C(C)c3cc(C(F)(F)F)ccc3C(F)(F)F)CC1)CC2. The zero-order chi connectivity index (χ0) is 27.0. The molecule has 2 aliphatic rings. The van der Waals surface area contributed by atoms with E-state index in [0.29, 0.717) is 50.0 Å². The Labute approximate surface area is 214 Å². The Kier molecular flexibility index (Phi) is 7.71. The summed E-state index contributed by atoms with van der Waals surface area (Å²) >= 11 is 0. The van der Waals surface area contributed by atoms with Crippen LogP contribution in [0.2, 0.25) is 0 Å². The van der Waals surface area contributed by atoms with Gasteiger partial charge in [0.2, 0.25) is 0 Å². The topological polar surface area (TPSA) is 12.5 Å². The lowest BCUT2D eigenvalue weighted by Gasteiger charge is -2.39. The normalized spacial score (nSPS) is 22.6. The number of fused-ring (bicyclic) bond motifs is 1. The van der Waals surface area contributed by atoms with Crippen molar-refractivity contribution in [2.24, 2.45) is 5.92 Å². The van der Waals surface area contributed by atoms with Gasteiger partial charge in [-0.15, -0.1) is 6.58 Å². The molecule has 2 heterocycles. The molecular weight excluding hydrogens is 492 g/mol. The van der Waals surface area contributed by atoms with Crippen LogP contribution in [-0.4, -0.2) is 23.6 Å². The number of rotatable bonds is 5. The molecule has 2 nitrogen and oxygen atoms in total. The van der Waals surface area contributed by atoms with Crippen LogP contribution in [0.1, 0.15) is 73.4 Å². The minimum atomic E-state index is -4.74. The van der Waals surface area contributed by atoms with E-state index in [-0.39, 0.29) is 5.56 Å². The Bertz CT molecular complexity index is 1120. The quantitative estimate of drug-likeness (QED) is 0.287. The minimum Gasteiger partial charge on any atom is -0.487 e. The van der Waals surface area contributed by atoms with Gasteiger partial charge in [-0.1, -0.05) is 25.1 Å². The van der Waals surface area contributed by atoms with Crippen molar-refractivity contribution in [2.75, 3.05) is 13.1 Å². The zero-order valence-electron chi connectivity index (χ0n) is 21.2. The molecule has 3 unspecified atom stereocenters. The molecule has 1 saturated heterocycles. The van der Waals surface area contributed by atoms with Crippen molar-refractivity contribution < 1.29 is 31.1 Å². The van der Waals surface area contributed by atoms with Crippen LogP contribution in [0, 0.1) is 5.92 Å². The first kappa shape index (κ1) is 27.6. The van der Waals surface area contributed by atoms with Gasteiger partial charge >= 0.3 is 12.4 Å². The summed E-state index contributed by atoms with van der Waals surface area (Å²) in [4.78, 5) is 1.86. The molecule has 0 bridgehead atoms. The maximum atomic E-state index is 13.7. The van der Waals surface area contributed by atoms with E-state index < -0.39 is 35.1 Å². The molecule has 0 radical (unpaired) electrons. The molecule has 37 heavy (non-hydrogen) atoms. The van der Waals surface area contributed by atoms with E-state index in [1.807, 2.05) is 11.0 Å². The van der Waals surface area contributed by atoms with Gasteiger partial charge in [0, 0.05) is 12.6 Å². The largest absolute Gasteiger partial charge is 0.487 e. The molecule has 3 atom stereocenters. The van der Waals surface area contributed by atoms with Crippen molar-refractivity contribution in [3.05, 3.63) is 76.9 Å². The van der Waals surface area contributed by atoms with Gasteiger partial charge in [-0.25, -0.2) is 0 Å². The second kappa shape index (κ2) is 10.4. The van der Waals surface area contributed by atoms with Crippen molar-refractivity contribution in [1.29, 1.82) is 0 Å². The highest BCUT2D eigenvalue weighted by molar-refractivity contribution is 5.41. The molecule has 8 heteroatoms. The number of allylic oxidation sites excluding steroid dienone is 1. The van der Waals surface area contributed by atoms with E-state index in [1.54, 1.807) is 6.92 Å². The van der Waals surface area contributed by atoms with Crippen LogP contribution >= 0.6 is 0 Å². The molecule has 4 rings (SSSR count). The third-order valence-corrected chi connectivity index (χ3v) is 7.88. The van der Waals surface area contributed by atoms with Crippen LogP contribution in [0.4, 0.5) is 26.3 Å². The second-order valence-corrected chi connectivity index (χ2v) is 10.5. The van der Waals surface area contributed by atoms with Gasteiger partial charge in [0.15, 0.2) is 0 Å². The molecule has 0 aliphatic carbocycles. The summed E-state index contributed by atoms with van der Waals surface area (Å²) in [6.45, 7) is 8.44. The second-order valence-electron chi connectivity index (χ2n) is 10.5. The molecule has 0 saturated carbocycles. The first-order valence-corrected chi connectivity index (χ1v) is 12.8. The predicted molar refractivity (Wildman–Crippen MR) is 131 cm³/mol. The summed E-state index contributed by atoms with van der Waals surface area (Å²) < 4.78 is 87.7. The summed E-state index contributed by atoms with van der Waals surface area (Å²) in [5.74, 6) is 1.19. The fourth-order valence-electron chi connectivity index (χ4n) is 5.60. The van der Waals surface area contributed by atoms with Gasteiger partial charge in [0.05, 0.1) is 11.1 Å². The third kappa shape index (κ3) is 6.16. The van der Waals surface area contributed by atoms with Gasteiger partial charge in [-0.05, 0) is 98.9 Å². The van der Waals surface area contributed by atoms with E-state index in [0.717, 1.165) is 42.6 Å². The number of benzene rings is 2. The first-order chi connectivity index (χ1) is 17.3. The Morgan fingerprint density at radius 1 is 0.973 bits per heavy atom. The molecule has 0 aromatic heterocycles. The Morgan fingerprint density at radius 3 is 2.41 bits per heavy atom. The summed E-state index contributed by atoms with van der Waals surface area (Å²) in [6.07, 6.45) is -2.98. The van der Waals surface area contributed by atoms with Crippen molar-refractivity contribution >= 4 is 0 Å². The Morgan fingerprint density at radius 2 is 1.73 bits per heavy atom. The van der Waals surface area contributed by atoms with Crippen LogP contribution in [-0.2, 0) is 25.2 Å². The summed E-state index contributed by atoms with van der Waals surface area (Å²) in [5.41, 5.74) is -0.539. The van der Waals surface area contributed by atoms with E-state index >= 15 is 0 Å². The predicted octanol–water partition coefficient (Wildman–Crippen LogP) is 8.40. The van der Waals surface area contributed by atoms with Gasteiger partial charge in [0.1, 0.15) is 11.4 Å². The average Bonchev–Trinajstić information content (AvgIpc) is 3.04. The summed E-state index contributed by atoms with van der Waals surface area (Å²) in [6, 6.07) is 7.20. The van der Waals surface area contributed by atoms with Crippen molar-refractivity contribution in [3.8, 4) is 5.75 Å². The molecule has 2 aliphatic heterocycles. The fraction of sp³-hybridized carbons (Fsp3) is 0.517. The summed E-state index contributed by atoms with van der Waals surface area (Å²) in [7, 11) is 0. The number of ether oxygens (including phenoxy) is 1. The van der Waals surface area contributed by atoms with Crippen molar-refractivity contribution in [3.63, 3.8) is 0 Å². The van der Waals surface area contributed by atoms with E-state index in [2.05, 4.69) is 31.7 Å². The number of alkyl halides is 6. The highest BCUT2D eigenvalue weighted by Gasteiger charge is 2.41. The molecule has 2 aromatic carbocycles. The van der Waals surface area contributed by atoms with Crippen LogP contribution < -0.4 is 4.74 Å². The highest BCUT2D eigenvalue weighted by atomic mass is 19.4. The molecule has 202 valence electrons. The smallest absolute Gasteiger partial charge is 0.416 e. The zero-order valence-corrected chi connectivity index (χ0v) is 21.2. The lowest BCUT2D eigenvalue weighted by molar-refractivity contribution is -0.142. The monoisotopic (exact) mass is 525 g/mol. The standard InChI is InChI=1S/C29H33F6NO/c1-4-19(2)16-21-6-7-22-10-12-27(37-26(22)17-21)11-5-14-36(15-13-27)20(3)24-18-23(28(30,31)32)8-9-25(24)29(33,34)35/h4,6-9,17-20H,1,5,10-16H2,2-3H3. The van der Waals surface area contributed by atoms with Gasteiger partial charge in [-0.2, -0.15) is 26.3 Å².